The molecule has 1 aliphatic rings. The third kappa shape index (κ3) is 1.19. The quantitative estimate of drug-likeness (QED) is 0.620. The molecule has 1 aromatic heterocycles. The highest BCUT2D eigenvalue weighted by molar-refractivity contribution is 6.52. The van der Waals surface area contributed by atoms with Gasteiger partial charge in [-0.2, -0.15) is 5.26 Å². The fraction of sp³-hybridized carbons (Fsp3) is 0.200. The summed E-state index contributed by atoms with van der Waals surface area (Å²) in [5, 5.41) is 8.64. The van der Waals surface area contributed by atoms with Crippen molar-refractivity contribution in [2.24, 2.45) is 0 Å². The Morgan fingerprint density at radius 3 is 2.87 bits per heavy atom. The Bertz CT molecular complexity index is 502. The fourth-order valence-electron chi connectivity index (χ4n) is 1.53. The molecule has 74 valence electrons. The van der Waals surface area contributed by atoms with Gasteiger partial charge in [-0.05, 0) is 13.0 Å². The Hall–Kier alpha value is -2.22. The summed E-state index contributed by atoms with van der Waals surface area (Å²) in [5.41, 5.74) is 0.508. The fourth-order valence-corrected chi connectivity index (χ4v) is 1.53. The first-order chi connectivity index (χ1) is 7.19. The van der Waals surface area contributed by atoms with Crippen LogP contribution in [-0.2, 0) is 4.79 Å². The van der Waals surface area contributed by atoms with Crippen LogP contribution in [0.5, 0.6) is 0 Å². The highest BCUT2D eigenvalue weighted by atomic mass is 16.2. The predicted octanol–water partition coefficient (Wildman–Crippen LogP) is 0.502. The summed E-state index contributed by atoms with van der Waals surface area (Å²) in [5.74, 6) is -0.807. The van der Waals surface area contributed by atoms with E-state index in [0.29, 0.717) is 12.4 Å². The van der Waals surface area contributed by atoms with Crippen molar-refractivity contribution in [2.45, 2.75) is 6.92 Å². The molecular weight excluding hydrogens is 194 g/mol. The summed E-state index contributed by atoms with van der Waals surface area (Å²) >= 11 is 0. The number of nitriles is 1. The number of rotatable bonds is 1. The maximum Gasteiger partial charge on any atom is 0.300 e. The van der Waals surface area contributed by atoms with Crippen LogP contribution in [0.3, 0.4) is 0 Å². The number of aromatic nitrogens is 1. The zero-order chi connectivity index (χ0) is 11.0. The van der Waals surface area contributed by atoms with E-state index >= 15 is 0 Å². The second kappa shape index (κ2) is 3.17. The number of hydrogen-bond acceptors (Lipinski definition) is 4. The molecule has 2 rings (SSSR count). The minimum Gasteiger partial charge on any atom is -0.289 e. The van der Waals surface area contributed by atoms with Gasteiger partial charge in [0.05, 0.1) is 11.1 Å². The van der Waals surface area contributed by atoms with Crippen molar-refractivity contribution < 1.29 is 9.59 Å². The first kappa shape index (κ1) is 9.34. The zero-order valence-corrected chi connectivity index (χ0v) is 8.02. The largest absolute Gasteiger partial charge is 0.300 e. The molecule has 0 aliphatic carbocycles. The molecule has 5 heteroatoms. The Morgan fingerprint density at radius 1 is 1.53 bits per heavy atom. The van der Waals surface area contributed by atoms with Crippen LogP contribution in [0, 0.1) is 11.3 Å². The molecule has 0 N–H and O–H groups in total. The van der Waals surface area contributed by atoms with Crippen molar-refractivity contribution in [1.29, 1.82) is 5.26 Å². The van der Waals surface area contributed by atoms with Gasteiger partial charge in [0.15, 0.2) is 0 Å². The van der Waals surface area contributed by atoms with E-state index < -0.39 is 11.7 Å². The number of pyridine rings is 1. The normalized spacial score (nSPS) is 14.0. The number of carbonyl (C=O) groups excluding carboxylic acids is 2. The molecule has 1 amide bonds. The number of hydrogen-bond donors (Lipinski definition) is 0. The number of nitrogens with zero attached hydrogens (tertiary/aromatic N) is 3. The van der Waals surface area contributed by atoms with Crippen LogP contribution in [0.2, 0.25) is 0 Å². The lowest BCUT2D eigenvalue weighted by Crippen LogP contribution is -2.29. The van der Waals surface area contributed by atoms with Gasteiger partial charge in [0.2, 0.25) is 0 Å². The van der Waals surface area contributed by atoms with E-state index in [2.05, 4.69) is 4.98 Å². The van der Waals surface area contributed by atoms with Gasteiger partial charge in [-0.15, -0.1) is 0 Å². The topological polar surface area (TPSA) is 74.1 Å². The van der Waals surface area contributed by atoms with Crippen LogP contribution in [0.15, 0.2) is 12.3 Å². The molecule has 0 bridgehead atoms. The Balaban J connectivity index is 2.61. The van der Waals surface area contributed by atoms with Gasteiger partial charge in [0.25, 0.3) is 5.78 Å². The van der Waals surface area contributed by atoms with E-state index in [1.54, 1.807) is 6.92 Å². The zero-order valence-electron chi connectivity index (χ0n) is 8.02. The molecule has 0 fully saturated rings. The van der Waals surface area contributed by atoms with Crippen molar-refractivity contribution in [3.8, 4) is 6.07 Å². The van der Waals surface area contributed by atoms with Gasteiger partial charge in [-0.25, -0.2) is 4.98 Å². The molecule has 0 spiro atoms. The van der Waals surface area contributed by atoms with Crippen LogP contribution >= 0.6 is 0 Å². The lowest BCUT2D eigenvalue weighted by Gasteiger charge is -2.11. The average molecular weight is 201 g/mol. The number of ketones is 1. The highest BCUT2D eigenvalue weighted by Gasteiger charge is 2.36. The van der Waals surface area contributed by atoms with Gasteiger partial charge in [0.1, 0.15) is 11.9 Å². The maximum atomic E-state index is 11.5. The van der Waals surface area contributed by atoms with Crippen LogP contribution < -0.4 is 4.90 Å². The van der Waals surface area contributed by atoms with E-state index in [0.717, 1.165) is 0 Å². The van der Waals surface area contributed by atoms with Gasteiger partial charge in [-0.1, -0.05) is 0 Å². The van der Waals surface area contributed by atoms with Crippen molar-refractivity contribution in [2.75, 3.05) is 11.4 Å². The monoisotopic (exact) mass is 201 g/mol. The second-order valence-electron chi connectivity index (χ2n) is 3.09. The molecule has 0 aromatic carbocycles. The van der Waals surface area contributed by atoms with Crippen LogP contribution in [-0.4, -0.2) is 23.2 Å². The van der Waals surface area contributed by atoms with E-state index in [1.165, 1.54) is 17.2 Å². The molecule has 2 heterocycles. The van der Waals surface area contributed by atoms with Crippen molar-refractivity contribution in [1.82, 2.24) is 4.98 Å². The summed E-state index contributed by atoms with van der Waals surface area (Å²) in [7, 11) is 0. The predicted molar refractivity (Wildman–Crippen MR) is 51.3 cm³/mol. The minimum absolute atomic E-state index is 0.223. The number of carbonyl (C=O) groups is 2. The summed E-state index contributed by atoms with van der Waals surface area (Å²) in [4.78, 5) is 28.2. The molecule has 5 nitrogen and oxygen atoms in total. The SMILES string of the molecule is CCN1C(=O)C(=O)c2cc(C#N)cnc21. The first-order valence-electron chi connectivity index (χ1n) is 4.45. The smallest absolute Gasteiger partial charge is 0.289 e. The van der Waals surface area contributed by atoms with Crippen molar-refractivity contribution in [3.63, 3.8) is 0 Å². The first-order valence-corrected chi connectivity index (χ1v) is 4.45. The van der Waals surface area contributed by atoms with Gasteiger partial charge >= 0.3 is 5.91 Å². The van der Waals surface area contributed by atoms with E-state index in [9.17, 15) is 9.59 Å². The number of fused-ring (bicyclic) bond motifs is 1. The van der Waals surface area contributed by atoms with Gasteiger partial charge in [0, 0.05) is 12.7 Å². The minimum atomic E-state index is -0.587. The third-order valence-corrected chi connectivity index (χ3v) is 2.25. The Kier molecular flexibility index (Phi) is 1.97. The third-order valence-electron chi connectivity index (χ3n) is 2.25. The lowest BCUT2D eigenvalue weighted by atomic mass is 10.1. The second-order valence-corrected chi connectivity index (χ2v) is 3.09. The van der Waals surface area contributed by atoms with E-state index in [4.69, 9.17) is 5.26 Å². The molecule has 1 aliphatic heterocycles. The summed E-state index contributed by atoms with van der Waals surface area (Å²) in [6.07, 6.45) is 1.35. The lowest BCUT2D eigenvalue weighted by molar-refractivity contribution is -0.114. The Morgan fingerprint density at radius 2 is 2.27 bits per heavy atom. The number of amides is 1. The van der Waals surface area contributed by atoms with Crippen molar-refractivity contribution in [3.05, 3.63) is 23.4 Å². The molecular formula is C10H7N3O2. The summed E-state index contributed by atoms with van der Waals surface area (Å²) < 4.78 is 0. The van der Waals surface area contributed by atoms with Crippen LogP contribution in [0.1, 0.15) is 22.8 Å². The molecule has 1 aromatic rings. The van der Waals surface area contributed by atoms with Crippen molar-refractivity contribution >= 4 is 17.5 Å². The Labute approximate surface area is 85.9 Å². The maximum absolute atomic E-state index is 11.5. The van der Waals surface area contributed by atoms with E-state index in [-0.39, 0.29) is 11.1 Å². The molecule has 0 unspecified atom stereocenters. The summed E-state index contributed by atoms with van der Waals surface area (Å²) in [6, 6.07) is 3.28. The number of likely N-dealkylation sites (N-methyl/N-ethyl adjacent to an activating group) is 1. The van der Waals surface area contributed by atoms with Crippen LogP contribution in [0.25, 0.3) is 0 Å². The van der Waals surface area contributed by atoms with E-state index in [1.807, 2.05) is 6.07 Å². The molecule has 0 atom stereocenters. The average Bonchev–Trinajstić information content (AvgIpc) is 2.51. The number of anilines is 1. The molecule has 0 saturated carbocycles. The van der Waals surface area contributed by atoms with Gasteiger partial charge in [-0.3, -0.25) is 14.5 Å². The van der Waals surface area contributed by atoms with Gasteiger partial charge < -0.3 is 0 Å². The molecule has 15 heavy (non-hydrogen) atoms. The number of Topliss-reactive ketones (excluding diaryl/α,β-unsaturated/α-hetero) is 1. The summed E-state index contributed by atoms with van der Waals surface area (Å²) in [6.45, 7) is 2.16. The molecule has 0 radical (unpaired) electrons. The molecule has 0 saturated heterocycles. The highest BCUT2D eigenvalue weighted by Crippen LogP contribution is 2.26. The van der Waals surface area contributed by atoms with Crippen LogP contribution in [0.4, 0.5) is 5.82 Å². The standard InChI is InChI=1S/C10H7N3O2/c1-2-13-9-7(8(14)10(13)15)3-6(4-11)5-12-9/h3,5H,2H2,1H3.